The number of β-lactam (4-membered cyclic amide) rings is 1. The van der Waals surface area contributed by atoms with Crippen LogP contribution in [0.2, 0.25) is 5.02 Å². The van der Waals surface area contributed by atoms with Gasteiger partial charge in [0.25, 0.3) is 5.91 Å². The fourth-order valence-electron chi connectivity index (χ4n) is 10.0. The monoisotopic (exact) mass is 949 g/mol. The minimum Gasteiger partial charge on any atom is -0.489 e. The molecule has 350 valence electrons. The molecule has 7 aromatic rings. The number of nitrogens with zero attached hydrogens (tertiary/aromatic N) is 2. The van der Waals surface area contributed by atoms with Crippen LogP contribution in [0.25, 0.3) is 10.9 Å². The van der Waals surface area contributed by atoms with Crippen molar-refractivity contribution < 1.29 is 29.9 Å². The van der Waals surface area contributed by atoms with E-state index < -0.39 is 0 Å². The quantitative estimate of drug-likeness (QED) is 0.0535. The molecular formula is C55H58ClN6O5S+. The lowest BCUT2D eigenvalue weighted by Crippen LogP contribution is -2.63. The van der Waals surface area contributed by atoms with Crippen LogP contribution in [0.5, 0.6) is 17.2 Å². The van der Waals surface area contributed by atoms with E-state index in [0.29, 0.717) is 40.5 Å². The Bertz CT molecular complexity index is 2900. The fraction of sp³-hybridized carbons (Fsp3) is 0.273. The minimum absolute atomic E-state index is 0.0639. The highest BCUT2D eigenvalue weighted by molar-refractivity contribution is 7.98. The van der Waals surface area contributed by atoms with E-state index in [4.69, 9.17) is 26.2 Å². The molecule has 3 fully saturated rings. The fourth-order valence-corrected chi connectivity index (χ4v) is 10.9. The Morgan fingerprint density at radius 2 is 1.69 bits per heavy atom. The number of carbonyl (C=O) groups excluding carboxylic acids is 2. The summed E-state index contributed by atoms with van der Waals surface area (Å²) >= 11 is 7.59. The van der Waals surface area contributed by atoms with Gasteiger partial charge in [0.05, 0.1) is 17.0 Å². The second-order valence-corrected chi connectivity index (χ2v) is 19.2. The number of H-pyrrole nitrogens is 1. The van der Waals surface area contributed by atoms with Crippen molar-refractivity contribution in [2.45, 2.75) is 63.0 Å². The summed E-state index contributed by atoms with van der Waals surface area (Å²) in [5.41, 5.74) is 12.2. The average molecular weight is 951 g/mol. The van der Waals surface area contributed by atoms with Crippen molar-refractivity contribution in [2.75, 3.05) is 37.0 Å². The van der Waals surface area contributed by atoms with Crippen LogP contribution in [-0.4, -0.2) is 53.5 Å². The zero-order valence-corrected chi connectivity index (χ0v) is 40.0. The van der Waals surface area contributed by atoms with Crippen LogP contribution in [0.1, 0.15) is 71.6 Å². The van der Waals surface area contributed by atoms with E-state index in [1.165, 1.54) is 17.5 Å². The summed E-state index contributed by atoms with van der Waals surface area (Å²) < 4.78 is 15.9. The maximum absolute atomic E-state index is 14.1. The lowest BCUT2D eigenvalue weighted by Gasteiger charge is -2.56. The molecule has 1 atom stereocenters. The number of halogens is 1. The summed E-state index contributed by atoms with van der Waals surface area (Å²) in [6.07, 6.45) is 7.89. The number of hydrogen-bond acceptors (Lipinski definition) is 8. The van der Waals surface area contributed by atoms with Gasteiger partial charge in [-0.2, -0.15) is 0 Å². The highest BCUT2D eigenvalue weighted by atomic mass is 35.5. The van der Waals surface area contributed by atoms with E-state index in [9.17, 15) is 9.59 Å². The smallest absolute Gasteiger partial charge is 0.265 e. The van der Waals surface area contributed by atoms with Crippen LogP contribution in [0.4, 0.5) is 22.7 Å². The number of aliphatic hydroxyl groups is 1. The number of anilines is 3. The summed E-state index contributed by atoms with van der Waals surface area (Å²) in [7, 11) is 1.00. The highest BCUT2D eigenvalue weighted by Gasteiger charge is 2.61. The number of amides is 2. The first kappa shape index (κ1) is 46.7. The third-order valence-corrected chi connectivity index (χ3v) is 14.8. The first-order chi connectivity index (χ1) is 33.2. The van der Waals surface area contributed by atoms with Crippen LogP contribution in [-0.2, 0) is 11.4 Å². The van der Waals surface area contributed by atoms with Gasteiger partial charge in [0.2, 0.25) is 5.91 Å². The van der Waals surface area contributed by atoms with E-state index in [1.807, 2.05) is 116 Å². The van der Waals surface area contributed by atoms with Crippen LogP contribution in [0.15, 0.2) is 145 Å². The number of ether oxygens (including phenoxy) is 2. The normalized spacial score (nSPS) is 16.5. The lowest BCUT2D eigenvalue weighted by molar-refractivity contribution is -0.253. The Balaban J connectivity index is 0.00000285. The molecule has 2 saturated heterocycles. The molecule has 1 unspecified atom stereocenters. The van der Waals surface area contributed by atoms with Crippen molar-refractivity contribution in [2.24, 2.45) is 11.3 Å². The summed E-state index contributed by atoms with van der Waals surface area (Å²) in [6.45, 7) is 4.88. The molecule has 1 spiro atoms. The number of benzene rings is 6. The number of fused-ring (bicyclic) bond motifs is 1. The second-order valence-electron chi connectivity index (χ2n) is 18.0. The van der Waals surface area contributed by atoms with Gasteiger partial charge in [0, 0.05) is 77.3 Å². The molecular weight excluding hydrogens is 892 g/mol. The molecule has 10 rings (SSSR count). The number of aromatic nitrogens is 1. The molecule has 1 aliphatic carbocycles. The van der Waals surface area contributed by atoms with Crippen molar-refractivity contribution in [3.05, 3.63) is 167 Å². The highest BCUT2D eigenvalue weighted by Crippen LogP contribution is 2.59. The number of rotatable bonds is 14. The van der Waals surface area contributed by atoms with Crippen molar-refractivity contribution >= 4 is 69.0 Å². The Labute approximate surface area is 407 Å². The number of aryl methyl sites for hydroxylation is 1. The predicted octanol–water partition coefficient (Wildman–Crippen LogP) is 11.5. The number of likely N-dealkylation sites (tertiary alicyclic amines) is 1. The Morgan fingerprint density at radius 3 is 2.47 bits per heavy atom. The molecule has 1 saturated carbocycles. The van der Waals surface area contributed by atoms with Crippen molar-refractivity contribution in [3.63, 3.8) is 0 Å². The Morgan fingerprint density at radius 1 is 0.882 bits per heavy atom. The van der Waals surface area contributed by atoms with Gasteiger partial charge >= 0.3 is 0 Å². The average Bonchev–Trinajstić information content (AvgIpc) is 4.08. The van der Waals surface area contributed by atoms with E-state index in [1.54, 1.807) is 0 Å². The SMILES string of the molecule is CO.Cc1ccc(Nc2ccc(SNC(=O)c3ccc(N4CCC(CN5C(=O)C6(CCCC6)C5c5cccc(OCc6ccccc6)c5)CC4)cc3Oc3ccc4[nH]ccc4c3)cc2[NH3+])cc1Cl. The van der Waals surface area contributed by atoms with Crippen molar-refractivity contribution in [3.8, 4) is 17.2 Å². The number of hydrogen-bond donors (Lipinski definition) is 5. The molecule has 0 radical (unpaired) electrons. The van der Waals surface area contributed by atoms with Gasteiger partial charge in [0.1, 0.15) is 29.5 Å². The third-order valence-electron chi connectivity index (χ3n) is 13.6. The third kappa shape index (κ3) is 10.0. The van der Waals surface area contributed by atoms with Crippen LogP contribution in [0, 0.1) is 18.3 Å². The maximum Gasteiger partial charge on any atom is 0.265 e. The maximum atomic E-state index is 14.1. The number of carbonyl (C=O) groups is 2. The zero-order chi connectivity index (χ0) is 47.2. The van der Waals surface area contributed by atoms with Crippen LogP contribution < -0.4 is 30.1 Å². The minimum atomic E-state index is -0.302. The van der Waals surface area contributed by atoms with E-state index in [2.05, 4.69) is 60.9 Å². The number of quaternary nitrogens is 1. The van der Waals surface area contributed by atoms with Gasteiger partial charge in [-0.05, 0) is 140 Å². The molecule has 11 nitrogen and oxygen atoms in total. The van der Waals surface area contributed by atoms with Gasteiger partial charge < -0.3 is 40.4 Å². The van der Waals surface area contributed by atoms with E-state index >= 15 is 0 Å². The van der Waals surface area contributed by atoms with Crippen molar-refractivity contribution in [1.29, 1.82) is 0 Å². The second kappa shape index (κ2) is 20.8. The zero-order valence-electron chi connectivity index (χ0n) is 38.5. The summed E-state index contributed by atoms with van der Waals surface area (Å²) in [5, 5.41) is 12.1. The molecule has 68 heavy (non-hydrogen) atoms. The Hall–Kier alpha value is -6.44. The molecule has 7 N–H and O–H groups in total. The first-order valence-electron chi connectivity index (χ1n) is 23.3. The molecule has 3 aliphatic rings. The molecule has 1 aromatic heterocycles. The molecule has 3 heterocycles. The predicted molar refractivity (Wildman–Crippen MR) is 272 cm³/mol. The van der Waals surface area contributed by atoms with Gasteiger partial charge in [-0.1, -0.05) is 73.0 Å². The van der Waals surface area contributed by atoms with Crippen molar-refractivity contribution in [1.82, 2.24) is 14.6 Å². The largest absolute Gasteiger partial charge is 0.489 e. The summed E-state index contributed by atoms with van der Waals surface area (Å²) in [4.78, 5) is 36.7. The first-order valence-corrected chi connectivity index (χ1v) is 24.5. The number of aliphatic hydroxyl groups excluding tert-OH is 1. The summed E-state index contributed by atoms with van der Waals surface area (Å²) in [5.74, 6) is 2.37. The van der Waals surface area contributed by atoms with E-state index in [0.717, 1.165) is 121 Å². The van der Waals surface area contributed by atoms with E-state index in [-0.39, 0.29) is 17.4 Å². The van der Waals surface area contributed by atoms with Crippen LogP contribution >= 0.6 is 23.5 Å². The topological polar surface area (TPSA) is 147 Å². The molecule has 6 aromatic carbocycles. The number of piperidine rings is 1. The summed E-state index contributed by atoms with van der Waals surface area (Å²) in [6, 6.07) is 44.1. The van der Waals surface area contributed by atoms with Crippen LogP contribution in [0.3, 0.4) is 0 Å². The molecule has 13 heteroatoms. The van der Waals surface area contributed by atoms with Gasteiger partial charge in [-0.15, -0.1) is 0 Å². The standard InChI is InChI=1S/C54H53ClN6O4S.CH4O/c1-35-12-13-40(30-46(35)55)58-49-19-16-44(32-47(49)56)66-59-52(62)45-17-14-41(31-50(45)65-43-15-18-48-38(28-43)20-25-57-48)60-26-21-36(22-27-60)33-61-51(54(53(61)63)23-5-6-24-54)39-10-7-11-42(29-39)64-34-37-8-3-2-4-9-37;1-2/h2-4,7-20,25,28-32,36,51,57-58H,5-6,21-24,26-27,33-34,56H2,1H3,(H,59,62);2H,1H3/p+1. The molecule has 2 amide bonds. The van der Waals surface area contributed by atoms with Gasteiger partial charge in [0.15, 0.2) is 5.69 Å². The lowest BCUT2D eigenvalue weighted by atomic mass is 9.66. The van der Waals surface area contributed by atoms with Gasteiger partial charge in [-0.25, -0.2) is 0 Å². The number of aromatic amines is 1. The molecule has 0 bridgehead atoms. The number of nitrogens with one attached hydrogen (secondary N) is 3. The van der Waals surface area contributed by atoms with Gasteiger partial charge in [-0.3, -0.25) is 14.3 Å². The molecule has 2 aliphatic heterocycles. The Kier molecular flexibility index (Phi) is 14.3.